The van der Waals surface area contributed by atoms with E-state index in [1.54, 1.807) is 17.0 Å². The van der Waals surface area contributed by atoms with Crippen molar-refractivity contribution >= 4 is 11.6 Å². The van der Waals surface area contributed by atoms with E-state index in [1.165, 1.54) is 0 Å². The van der Waals surface area contributed by atoms with E-state index in [9.17, 15) is 9.90 Å². The summed E-state index contributed by atoms with van der Waals surface area (Å²) < 4.78 is 7.78. The summed E-state index contributed by atoms with van der Waals surface area (Å²) >= 11 is 0. The number of imidazole rings is 1. The van der Waals surface area contributed by atoms with Gasteiger partial charge >= 0.3 is 0 Å². The molecule has 0 spiro atoms. The third kappa shape index (κ3) is 4.86. The van der Waals surface area contributed by atoms with E-state index in [0.717, 1.165) is 24.2 Å². The quantitative estimate of drug-likeness (QED) is 0.631. The first-order chi connectivity index (χ1) is 13.2. The van der Waals surface area contributed by atoms with E-state index < -0.39 is 0 Å². The number of carbonyl (C=O) groups is 1. The summed E-state index contributed by atoms with van der Waals surface area (Å²) in [5.41, 5.74) is 2.26. The number of hydrogen-bond acceptors (Lipinski definition) is 4. The van der Waals surface area contributed by atoms with Gasteiger partial charge in [-0.2, -0.15) is 0 Å². The first-order valence-electron chi connectivity index (χ1n) is 9.27. The molecule has 2 aromatic heterocycles. The number of carbonyl (C=O) groups excluding carboxylic acids is 1. The zero-order valence-electron chi connectivity index (χ0n) is 15.5. The average Bonchev–Trinajstić information content (AvgIpc) is 3.12. The summed E-state index contributed by atoms with van der Waals surface area (Å²) in [5, 5.41) is 9.23. The standard InChI is InChI=1S/C21H25N3O3/c1-2-3-10-23(12-13-25)21(26)17-7-6-8-19(14-17)27-16-18-15-24-11-5-4-9-20(24)22-18/h4-9,11,14-15,25H,2-3,10,12-13,16H2,1H3. The molecule has 0 unspecified atom stereocenters. The molecule has 3 rings (SSSR count). The Morgan fingerprint density at radius 3 is 2.89 bits per heavy atom. The van der Waals surface area contributed by atoms with Crippen LogP contribution in [0, 0.1) is 0 Å². The molecule has 0 radical (unpaired) electrons. The fourth-order valence-corrected chi connectivity index (χ4v) is 2.90. The third-order valence-electron chi connectivity index (χ3n) is 4.32. The van der Waals surface area contributed by atoms with Gasteiger partial charge in [-0.3, -0.25) is 4.79 Å². The first-order valence-corrected chi connectivity index (χ1v) is 9.27. The Balaban J connectivity index is 1.67. The van der Waals surface area contributed by atoms with Crippen LogP contribution in [0.25, 0.3) is 5.65 Å². The number of rotatable bonds is 9. The van der Waals surface area contributed by atoms with Crippen molar-refractivity contribution in [2.45, 2.75) is 26.4 Å². The second-order valence-corrected chi connectivity index (χ2v) is 6.38. The van der Waals surface area contributed by atoms with E-state index in [2.05, 4.69) is 11.9 Å². The number of aromatic nitrogens is 2. The van der Waals surface area contributed by atoms with Gasteiger partial charge in [-0.15, -0.1) is 0 Å². The Morgan fingerprint density at radius 1 is 1.22 bits per heavy atom. The van der Waals surface area contributed by atoms with Gasteiger partial charge in [-0.25, -0.2) is 4.98 Å². The molecule has 1 amide bonds. The molecule has 0 atom stereocenters. The summed E-state index contributed by atoms with van der Waals surface area (Å²) in [6.07, 6.45) is 5.78. The van der Waals surface area contributed by atoms with Gasteiger partial charge in [0.2, 0.25) is 0 Å². The minimum atomic E-state index is -0.0873. The van der Waals surface area contributed by atoms with E-state index in [4.69, 9.17) is 4.74 Å². The number of nitrogens with zero attached hydrogens (tertiary/aromatic N) is 3. The number of amides is 1. The molecule has 0 aliphatic rings. The number of benzene rings is 1. The fraction of sp³-hybridized carbons (Fsp3) is 0.333. The second-order valence-electron chi connectivity index (χ2n) is 6.38. The maximum atomic E-state index is 12.7. The van der Waals surface area contributed by atoms with Crippen LogP contribution in [0.2, 0.25) is 0 Å². The van der Waals surface area contributed by atoms with Crippen LogP contribution in [-0.2, 0) is 6.61 Å². The Kier molecular flexibility index (Phi) is 6.44. The third-order valence-corrected chi connectivity index (χ3v) is 4.32. The van der Waals surface area contributed by atoms with Crippen LogP contribution in [0.15, 0.2) is 54.9 Å². The van der Waals surface area contributed by atoms with Crippen LogP contribution in [0.4, 0.5) is 0 Å². The minimum Gasteiger partial charge on any atom is -0.487 e. The van der Waals surface area contributed by atoms with Crippen molar-refractivity contribution in [3.63, 3.8) is 0 Å². The lowest BCUT2D eigenvalue weighted by molar-refractivity contribution is 0.0719. The second kappa shape index (κ2) is 9.19. The zero-order valence-corrected chi connectivity index (χ0v) is 15.5. The highest BCUT2D eigenvalue weighted by Gasteiger charge is 2.15. The van der Waals surface area contributed by atoms with Gasteiger partial charge in [0.1, 0.15) is 18.0 Å². The summed E-state index contributed by atoms with van der Waals surface area (Å²) in [6.45, 7) is 3.35. The fourth-order valence-electron chi connectivity index (χ4n) is 2.90. The summed E-state index contributed by atoms with van der Waals surface area (Å²) in [4.78, 5) is 18.9. The van der Waals surface area contributed by atoms with E-state index in [-0.39, 0.29) is 12.5 Å². The van der Waals surface area contributed by atoms with E-state index >= 15 is 0 Å². The lowest BCUT2D eigenvalue weighted by Gasteiger charge is -2.21. The van der Waals surface area contributed by atoms with Gasteiger partial charge in [0.05, 0.1) is 12.3 Å². The molecular weight excluding hydrogens is 342 g/mol. The predicted molar refractivity (Wildman–Crippen MR) is 104 cm³/mol. The highest BCUT2D eigenvalue weighted by Crippen LogP contribution is 2.17. The SMILES string of the molecule is CCCCN(CCO)C(=O)c1cccc(OCc2cn3ccccc3n2)c1. The van der Waals surface area contributed by atoms with E-state index in [0.29, 0.717) is 31.0 Å². The maximum absolute atomic E-state index is 12.7. The number of aliphatic hydroxyl groups is 1. The topological polar surface area (TPSA) is 67.1 Å². The molecule has 0 aliphatic carbocycles. The smallest absolute Gasteiger partial charge is 0.254 e. The highest BCUT2D eigenvalue weighted by atomic mass is 16.5. The van der Waals surface area contributed by atoms with Gasteiger partial charge in [0, 0.05) is 31.0 Å². The van der Waals surface area contributed by atoms with Crippen molar-refractivity contribution < 1.29 is 14.6 Å². The molecule has 2 heterocycles. The van der Waals surface area contributed by atoms with Crippen LogP contribution in [-0.4, -0.2) is 45.0 Å². The Bertz CT molecular complexity index is 858. The number of hydrogen-bond donors (Lipinski definition) is 1. The average molecular weight is 367 g/mol. The van der Waals surface area contributed by atoms with Gasteiger partial charge in [0.25, 0.3) is 5.91 Å². The van der Waals surface area contributed by atoms with Gasteiger partial charge in [-0.05, 0) is 36.8 Å². The number of fused-ring (bicyclic) bond motifs is 1. The van der Waals surface area contributed by atoms with Gasteiger partial charge in [-0.1, -0.05) is 25.5 Å². The molecule has 27 heavy (non-hydrogen) atoms. The monoisotopic (exact) mass is 367 g/mol. The van der Waals surface area contributed by atoms with Crippen LogP contribution in [0.5, 0.6) is 5.75 Å². The molecule has 0 saturated heterocycles. The Morgan fingerprint density at radius 2 is 2.11 bits per heavy atom. The van der Waals surface area contributed by atoms with Crippen molar-refractivity contribution in [1.82, 2.24) is 14.3 Å². The molecule has 0 fully saturated rings. The molecule has 1 N–H and O–H groups in total. The van der Waals surface area contributed by atoms with Gasteiger partial charge < -0.3 is 19.1 Å². The van der Waals surface area contributed by atoms with Crippen molar-refractivity contribution in [3.8, 4) is 5.75 Å². The van der Waals surface area contributed by atoms with E-state index in [1.807, 2.05) is 47.1 Å². The summed E-state index contributed by atoms with van der Waals surface area (Å²) in [7, 11) is 0. The minimum absolute atomic E-state index is 0.0421. The van der Waals surface area contributed by atoms with Crippen molar-refractivity contribution in [1.29, 1.82) is 0 Å². The van der Waals surface area contributed by atoms with Gasteiger partial charge in [0.15, 0.2) is 0 Å². The summed E-state index contributed by atoms with van der Waals surface area (Å²) in [5.74, 6) is 0.535. The molecule has 0 bridgehead atoms. The molecule has 142 valence electrons. The van der Waals surface area contributed by atoms with Crippen molar-refractivity contribution in [2.24, 2.45) is 0 Å². The first kappa shape index (κ1) is 18.9. The predicted octanol–water partition coefficient (Wildman–Crippen LogP) is 3.15. The molecule has 6 nitrogen and oxygen atoms in total. The molecule has 0 aliphatic heterocycles. The number of pyridine rings is 1. The van der Waals surface area contributed by atoms with Crippen molar-refractivity contribution in [2.75, 3.05) is 19.7 Å². The van der Waals surface area contributed by atoms with Crippen LogP contribution >= 0.6 is 0 Å². The number of aliphatic hydroxyl groups excluding tert-OH is 1. The summed E-state index contributed by atoms with van der Waals surface area (Å²) in [6, 6.07) is 13.0. The molecular formula is C21H25N3O3. The molecule has 3 aromatic rings. The van der Waals surface area contributed by atoms with Crippen LogP contribution in [0.3, 0.4) is 0 Å². The largest absolute Gasteiger partial charge is 0.487 e. The van der Waals surface area contributed by atoms with Crippen LogP contribution < -0.4 is 4.74 Å². The lowest BCUT2D eigenvalue weighted by Crippen LogP contribution is -2.34. The Hall–Kier alpha value is -2.86. The maximum Gasteiger partial charge on any atom is 0.254 e. The normalized spacial score (nSPS) is 10.9. The van der Waals surface area contributed by atoms with Crippen molar-refractivity contribution in [3.05, 3.63) is 66.1 Å². The number of ether oxygens (including phenoxy) is 1. The zero-order chi connectivity index (χ0) is 19.1. The molecule has 0 saturated carbocycles. The molecule has 1 aromatic carbocycles. The Labute approximate surface area is 159 Å². The number of unbranched alkanes of at least 4 members (excludes halogenated alkanes) is 1. The molecule has 6 heteroatoms. The lowest BCUT2D eigenvalue weighted by atomic mass is 10.1. The highest BCUT2D eigenvalue weighted by molar-refractivity contribution is 5.94. The van der Waals surface area contributed by atoms with Crippen LogP contribution in [0.1, 0.15) is 35.8 Å².